The third-order valence-corrected chi connectivity index (χ3v) is 4.39. The maximum atomic E-state index is 11.8. The summed E-state index contributed by atoms with van der Waals surface area (Å²) in [6.07, 6.45) is 9.60. The number of terminal acetylenes is 1. The van der Waals surface area contributed by atoms with Crippen LogP contribution in [-0.4, -0.2) is 25.2 Å². The highest BCUT2D eigenvalue weighted by molar-refractivity contribution is 5.79. The maximum absolute atomic E-state index is 11.8. The van der Waals surface area contributed by atoms with Crippen molar-refractivity contribution in [2.24, 2.45) is 0 Å². The monoisotopic (exact) mass is 408 g/mol. The van der Waals surface area contributed by atoms with Gasteiger partial charge in [0.2, 0.25) is 0 Å². The number of carbonyl (C=O) groups is 2. The van der Waals surface area contributed by atoms with Gasteiger partial charge in [-0.25, -0.2) is 0 Å². The lowest BCUT2D eigenvalue weighted by atomic mass is 10.1. The SMILES string of the molecule is C#CCOC(=O)CCC(=O)Oc1ccc(-c2ccc(OCCCCCC)cc2)cc1. The van der Waals surface area contributed by atoms with Crippen LogP contribution in [0.1, 0.15) is 45.4 Å². The highest BCUT2D eigenvalue weighted by atomic mass is 16.5. The smallest absolute Gasteiger partial charge is 0.311 e. The number of carbonyl (C=O) groups excluding carboxylic acids is 2. The van der Waals surface area contributed by atoms with E-state index in [9.17, 15) is 9.59 Å². The summed E-state index contributed by atoms with van der Waals surface area (Å²) in [4.78, 5) is 23.2. The summed E-state index contributed by atoms with van der Waals surface area (Å²) in [5.74, 6) is 2.46. The molecule has 2 aromatic rings. The zero-order valence-corrected chi connectivity index (χ0v) is 17.4. The van der Waals surface area contributed by atoms with Gasteiger partial charge in [0.1, 0.15) is 11.5 Å². The van der Waals surface area contributed by atoms with Crippen LogP contribution in [0.2, 0.25) is 0 Å². The molecule has 0 atom stereocenters. The van der Waals surface area contributed by atoms with Crippen molar-refractivity contribution < 1.29 is 23.8 Å². The lowest BCUT2D eigenvalue weighted by molar-refractivity contribution is -0.145. The molecule has 0 spiro atoms. The molecule has 2 aromatic carbocycles. The minimum Gasteiger partial charge on any atom is -0.494 e. The predicted molar refractivity (Wildman–Crippen MR) is 116 cm³/mol. The molecule has 0 aliphatic heterocycles. The Morgan fingerprint density at radius 1 is 0.833 bits per heavy atom. The Kier molecular flexibility index (Phi) is 10.0. The summed E-state index contributed by atoms with van der Waals surface area (Å²) in [6.45, 7) is 2.83. The van der Waals surface area contributed by atoms with E-state index in [0.717, 1.165) is 29.9 Å². The van der Waals surface area contributed by atoms with Crippen LogP contribution in [0.5, 0.6) is 11.5 Å². The highest BCUT2D eigenvalue weighted by Gasteiger charge is 2.10. The van der Waals surface area contributed by atoms with E-state index in [1.807, 2.05) is 36.4 Å². The fourth-order valence-electron chi connectivity index (χ4n) is 2.76. The topological polar surface area (TPSA) is 61.8 Å². The van der Waals surface area contributed by atoms with E-state index < -0.39 is 11.9 Å². The Balaban J connectivity index is 1.80. The lowest BCUT2D eigenvalue weighted by Crippen LogP contribution is -2.12. The van der Waals surface area contributed by atoms with Crippen molar-refractivity contribution in [1.29, 1.82) is 0 Å². The molecular weight excluding hydrogens is 380 g/mol. The molecule has 158 valence electrons. The average molecular weight is 408 g/mol. The van der Waals surface area contributed by atoms with Crippen molar-refractivity contribution in [3.05, 3.63) is 48.5 Å². The van der Waals surface area contributed by atoms with Crippen molar-refractivity contribution in [2.45, 2.75) is 45.4 Å². The van der Waals surface area contributed by atoms with Gasteiger partial charge in [0, 0.05) is 0 Å². The fraction of sp³-hybridized carbons (Fsp3) is 0.360. The molecule has 0 amide bonds. The summed E-state index contributed by atoms with van der Waals surface area (Å²) in [7, 11) is 0. The van der Waals surface area contributed by atoms with Crippen LogP contribution < -0.4 is 9.47 Å². The van der Waals surface area contributed by atoms with Gasteiger partial charge >= 0.3 is 11.9 Å². The van der Waals surface area contributed by atoms with Gasteiger partial charge in [-0.15, -0.1) is 6.42 Å². The molecular formula is C25H28O5. The Labute approximate surface area is 178 Å². The van der Waals surface area contributed by atoms with E-state index in [0.29, 0.717) is 5.75 Å². The zero-order chi connectivity index (χ0) is 21.6. The number of rotatable bonds is 12. The second kappa shape index (κ2) is 13.1. The first-order chi connectivity index (χ1) is 14.6. The standard InChI is InChI=1S/C25H28O5/c1-3-5-6-7-19-28-22-12-8-20(9-13-22)21-10-14-23(15-11-21)30-25(27)17-16-24(26)29-18-4-2/h2,8-15H,3,5-7,16-19H2,1H3. The van der Waals surface area contributed by atoms with Gasteiger partial charge in [-0.3, -0.25) is 9.59 Å². The summed E-state index contributed by atoms with van der Waals surface area (Å²) in [5, 5.41) is 0. The van der Waals surface area contributed by atoms with Crippen molar-refractivity contribution in [2.75, 3.05) is 13.2 Å². The van der Waals surface area contributed by atoms with Crippen LogP contribution in [0.3, 0.4) is 0 Å². The molecule has 0 bridgehead atoms. The molecule has 0 aromatic heterocycles. The Morgan fingerprint density at radius 3 is 2.03 bits per heavy atom. The van der Waals surface area contributed by atoms with Crippen molar-refractivity contribution >= 4 is 11.9 Å². The van der Waals surface area contributed by atoms with Gasteiger partial charge < -0.3 is 14.2 Å². The summed E-state index contributed by atoms with van der Waals surface area (Å²) < 4.78 is 15.7. The third kappa shape index (κ3) is 8.40. The van der Waals surface area contributed by atoms with Gasteiger partial charge in [0.15, 0.2) is 6.61 Å². The quantitative estimate of drug-likeness (QED) is 0.210. The number of ether oxygens (including phenoxy) is 3. The molecule has 0 radical (unpaired) electrons. The largest absolute Gasteiger partial charge is 0.494 e. The van der Waals surface area contributed by atoms with Crippen molar-refractivity contribution in [3.8, 4) is 35.0 Å². The van der Waals surface area contributed by atoms with E-state index in [4.69, 9.17) is 20.6 Å². The Bertz CT molecular complexity index is 831. The van der Waals surface area contributed by atoms with Crippen LogP contribution >= 0.6 is 0 Å². The van der Waals surface area contributed by atoms with Gasteiger partial charge in [-0.1, -0.05) is 56.4 Å². The number of unbranched alkanes of at least 4 members (excludes halogenated alkanes) is 3. The zero-order valence-electron chi connectivity index (χ0n) is 17.4. The van der Waals surface area contributed by atoms with E-state index in [1.165, 1.54) is 19.3 Å². The van der Waals surface area contributed by atoms with Crippen LogP contribution in [0, 0.1) is 12.3 Å². The molecule has 5 heteroatoms. The average Bonchev–Trinajstić information content (AvgIpc) is 2.77. The minimum absolute atomic E-state index is 0.0639. The number of hydrogen-bond acceptors (Lipinski definition) is 5. The predicted octanol–water partition coefficient (Wildman–Crippen LogP) is 5.17. The first-order valence-corrected chi connectivity index (χ1v) is 10.3. The minimum atomic E-state index is -0.520. The molecule has 0 N–H and O–H groups in total. The second-order valence-electron chi connectivity index (χ2n) is 6.80. The molecule has 2 rings (SSSR count). The molecule has 0 heterocycles. The molecule has 0 saturated heterocycles. The summed E-state index contributed by atoms with van der Waals surface area (Å²) >= 11 is 0. The maximum Gasteiger partial charge on any atom is 0.311 e. The number of hydrogen-bond donors (Lipinski definition) is 0. The Hall–Kier alpha value is -3.26. The van der Waals surface area contributed by atoms with E-state index >= 15 is 0 Å². The van der Waals surface area contributed by atoms with Gasteiger partial charge in [0.05, 0.1) is 19.4 Å². The van der Waals surface area contributed by atoms with Gasteiger partial charge in [0.25, 0.3) is 0 Å². The normalized spacial score (nSPS) is 10.1. The van der Waals surface area contributed by atoms with Crippen molar-refractivity contribution in [3.63, 3.8) is 0 Å². The number of benzene rings is 2. The van der Waals surface area contributed by atoms with Crippen molar-refractivity contribution in [1.82, 2.24) is 0 Å². The molecule has 0 fully saturated rings. The molecule has 0 saturated carbocycles. The van der Waals surface area contributed by atoms with Crippen LogP contribution in [0.25, 0.3) is 11.1 Å². The van der Waals surface area contributed by atoms with Crippen LogP contribution in [0.4, 0.5) is 0 Å². The first-order valence-electron chi connectivity index (χ1n) is 10.3. The Morgan fingerprint density at radius 2 is 1.43 bits per heavy atom. The second-order valence-corrected chi connectivity index (χ2v) is 6.80. The van der Waals surface area contributed by atoms with Gasteiger partial charge in [-0.2, -0.15) is 0 Å². The summed E-state index contributed by atoms with van der Waals surface area (Å²) in [6, 6.07) is 15.1. The molecule has 0 aliphatic rings. The fourth-order valence-corrected chi connectivity index (χ4v) is 2.76. The van der Waals surface area contributed by atoms with E-state index in [-0.39, 0.29) is 19.4 Å². The molecule has 5 nitrogen and oxygen atoms in total. The van der Waals surface area contributed by atoms with Crippen LogP contribution in [-0.2, 0) is 14.3 Å². The van der Waals surface area contributed by atoms with E-state index in [2.05, 4.69) is 12.8 Å². The highest BCUT2D eigenvalue weighted by Crippen LogP contribution is 2.25. The lowest BCUT2D eigenvalue weighted by Gasteiger charge is -2.08. The molecule has 0 unspecified atom stereocenters. The van der Waals surface area contributed by atoms with E-state index in [1.54, 1.807) is 12.1 Å². The van der Waals surface area contributed by atoms with Crippen LogP contribution in [0.15, 0.2) is 48.5 Å². The third-order valence-electron chi connectivity index (χ3n) is 4.39. The molecule has 0 aliphatic carbocycles. The summed E-state index contributed by atoms with van der Waals surface area (Å²) in [5.41, 5.74) is 2.05. The molecule has 30 heavy (non-hydrogen) atoms. The van der Waals surface area contributed by atoms with Gasteiger partial charge in [-0.05, 0) is 41.8 Å². The first kappa shape index (κ1) is 23.0. The number of esters is 2.